The minimum absolute atomic E-state index is 0.0639. The Morgan fingerprint density at radius 1 is 1.22 bits per heavy atom. The quantitative estimate of drug-likeness (QED) is 0.699. The fraction of sp³-hybridized carbons (Fsp3) is 0.400. The first-order valence-corrected chi connectivity index (χ1v) is 8.54. The van der Waals surface area contributed by atoms with Gasteiger partial charge in [-0.15, -0.1) is 0 Å². The van der Waals surface area contributed by atoms with Gasteiger partial charge in [-0.2, -0.15) is 0 Å². The predicted octanol–water partition coefficient (Wildman–Crippen LogP) is 3.09. The van der Waals surface area contributed by atoms with Crippen LogP contribution in [0.5, 0.6) is 5.75 Å². The summed E-state index contributed by atoms with van der Waals surface area (Å²) in [6, 6.07) is 9.06. The highest BCUT2D eigenvalue weighted by Crippen LogP contribution is 2.21. The summed E-state index contributed by atoms with van der Waals surface area (Å²) in [5.41, 5.74) is 1.13. The van der Waals surface area contributed by atoms with Gasteiger partial charge in [-0.1, -0.05) is 17.7 Å². The van der Waals surface area contributed by atoms with E-state index in [-0.39, 0.29) is 25.4 Å². The summed E-state index contributed by atoms with van der Waals surface area (Å²) in [6.45, 7) is 5.82. The van der Waals surface area contributed by atoms with Gasteiger partial charge in [0.25, 0.3) is 5.91 Å². The second-order valence-electron chi connectivity index (χ2n) is 6.84. The third kappa shape index (κ3) is 5.86. The van der Waals surface area contributed by atoms with Gasteiger partial charge in [0, 0.05) is 7.11 Å². The largest absolute Gasteiger partial charge is 0.485 e. The first kappa shape index (κ1) is 20.5. The van der Waals surface area contributed by atoms with Gasteiger partial charge in [-0.05, 0) is 44.5 Å². The molecule has 146 valence electrons. The Morgan fingerprint density at radius 2 is 1.96 bits per heavy atom. The van der Waals surface area contributed by atoms with E-state index in [4.69, 9.17) is 19.0 Å². The molecule has 0 aliphatic rings. The number of methoxy groups -OCH3 is 1. The molecule has 1 amide bonds. The fourth-order valence-corrected chi connectivity index (χ4v) is 2.81. The molecular weight excluding hydrogens is 350 g/mol. The van der Waals surface area contributed by atoms with Crippen LogP contribution in [0.25, 0.3) is 0 Å². The first-order valence-electron chi connectivity index (χ1n) is 8.54. The maximum atomic E-state index is 12.4. The lowest BCUT2D eigenvalue weighted by molar-refractivity contribution is -0.139. The molecule has 7 nitrogen and oxygen atoms in total. The number of carbonyl (C=O) groups excluding carboxylic acids is 1. The van der Waals surface area contributed by atoms with Crippen molar-refractivity contribution in [2.24, 2.45) is 0 Å². The van der Waals surface area contributed by atoms with Crippen LogP contribution in [0.1, 0.15) is 40.8 Å². The summed E-state index contributed by atoms with van der Waals surface area (Å²) in [5, 5.41) is 11.7. The van der Waals surface area contributed by atoms with Gasteiger partial charge in [0.1, 0.15) is 18.1 Å². The van der Waals surface area contributed by atoms with Crippen LogP contribution < -0.4 is 10.1 Å². The molecule has 27 heavy (non-hydrogen) atoms. The lowest BCUT2D eigenvalue weighted by Crippen LogP contribution is -2.50. The Balaban J connectivity index is 2.01. The number of carboxylic acid groups (broad SMARTS) is 1. The van der Waals surface area contributed by atoms with E-state index in [0.29, 0.717) is 5.76 Å². The predicted molar refractivity (Wildman–Crippen MR) is 99.0 cm³/mol. The minimum Gasteiger partial charge on any atom is -0.485 e. The fourth-order valence-electron chi connectivity index (χ4n) is 2.81. The zero-order valence-corrected chi connectivity index (χ0v) is 16.0. The molecule has 1 aromatic heterocycles. The summed E-state index contributed by atoms with van der Waals surface area (Å²) in [7, 11) is 1.45. The van der Waals surface area contributed by atoms with Crippen LogP contribution in [0.3, 0.4) is 0 Å². The van der Waals surface area contributed by atoms with Crippen molar-refractivity contribution in [1.29, 1.82) is 0 Å². The molecule has 2 rings (SSSR count). The Labute approximate surface area is 158 Å². The van der Waals surface area contributed by atoms with Crippen molar-refractivity contribution in [1.82, 2.24) is 5.32 Å². The van der Waals surface area contributed by atoms with Gasteiger partial charge in [-0.25, -0.2) is 0 Å². The molecule has 7 heteroatoms. The molecule has 1 heterocycles. The summed E-state index contributed by atoms with van der Waals surface area (Å²) in [4.78, 5) is 23.4. The highest BCUT2D eigenvalue weighted by molar-refractivity contribution is 5.92. The Kier molecular flexibility index (Phi) is 6.63. The van der Waals surface area contributed by atoms with E-state index >= 15 is 0 Å². The number of furan rings is 1. The Morgan fingerprint density at radius 3 is 2.59 bits per heavy atom. The van der Waals surface area contributed by atoms with Crippen molar-refractivity contribution in [3.8, 4) is 5.75 Å². The van der Waals surface area contributed by atoms with E-state index in [1.165, 1.54) is 13.2 Å². The number of rotatable bonds is 9. The van der Waals surface area contributed by atoms with Gasteiger partial charge < -0.3 is 24.3 Å². The zero-order valence-electron chi connectivity index (χ0n) is 16.0. The standard InChI is InChI=1S/C20H25NO6/c1-13-5-7-16(14(2)9-13)26-11-15-6-8-17(27-15)19(24)21-20(3,12-25-4)10-18(22)23/h5-9H,10-12H2,1-4H3,(H,21,24)(H,22,23). The normalized spacial score (nSPS) is 13.0. The van der Waals surface area contributed by atoms with E-state index in [1.807, 2.05) is 32.0 Å². The van der Waals surface area contributed by atoms with E-state index in [1.54, 1.807) is 13.0 Å². The first-order chi connectivity index (χ1) is 12.7. The van der Waals surface area contributed by atoms with Crippen LogP contribution in [0.2, 0.25) is 0 Å². The van der Waals surface area contributed by atoms with Crippen LogP contribution in [0, 0.1) is 13.8 Å². The second kappa shape index (κ2) is 8.73. The van der Waals surface area contributed by atoms with Crippen molar-refractivity contribution in [2.45, 2.75) is 39.3 Å². The van der Waals surface area contributed by atoms with Gasteiger partial charge >= 0.3 is 5.97 Å². The third-order valence-corrected chi connectivity index (χ3v) is 4.01. The van der Waals surface area contributed by atoms with Crippen LogP contribution >= 0.6 is 0 Å². The van der Waals surface area contributed by atoms with E-state index < -0.39 is 17.4 Å². The van der Waals surface area contributed by atoms with Crippen molar-refractivity contribution in [3.63, 3.8) is 0 Å². The van der Waals surface area contributed by atoms with Gasteiger partial charge in [0.05, 0.1) is 18.6 Å². The number of ether oxygens (including phenoxy) is 2. The smallest absolute Gasteiger partial charge is 0.305 e. The SMILES string of the molecule is COCC(C)(CC(=O)O)NC(=O)c1ccc(COc2ccc(C)cc2C)o1. The average Bonchev–Trinajstić information content (AvgIpc) is 3.02. The van der Waals surface area contributed by atoms with Gasteiger partial charge in [-0.3, -0.25) is 9.59 Å². The second-order valence-corrected chi connectivity index (χ2v) is 6.84. The van der Waals surface area contributed by atoms with Crippen molar-refractivity contribution >= 4 is 11.9 Å². The van der Waals surface area contributed by atoms with E-state index in [2.05, 4.69) is 5.32 Å². The van der Waals surface area contributed by atoms with E-state index in [9.17, 15) is 9.59 Å². The maximum absolute atomic E-state index is 12.4. The molecule has 0 spiro atoms. The van der Waals surface area contributed by atoms with Crippen LogP contribution in [0.4, 0.5) is 0 Å². The maximum Gasteiger partial charge on any atom is 0.305 e. The molecular formula is C20H25NO6. The Bertz CT molecular complexity index is 813. The van der Waals surface area contributed by atoms with Crippen LogP contribution in [0.15, 0.2) is 34.7 Å². The van der Waals surface area contributed by atoms with Crippen molar-refractivity contribution in [3.05, 3.63) is 53.0 Å². The minimum atomic E-state index is -1.04. The number of aryl methyl sites for hydroxylation is 2. The highest BCUT2D eigenvalue weighted by atomic mass is 16.5. The summed E-state index contributed by atoms with van der Waals surface area (Å²) < 4.78 is 16.3. The zero-order chi connectivity index (χ0) is 20.0. The highest BCUT2D eigenvalue weighted by Gasteiger charge is 2.30. The number of hydrogen-bond acceptors (Lipinski definition) is 5. The molecule has 0 aliphatic carbocycles. The number of aliphatic carboxylic acids is 1. The Hall–Kier alpha value is -2.80. The number of carboxylic acids is 1. The average molecular weight is 375 g/mol. The molecule has 0 radical (unpaired) electrons. The molecule has 0 saturated carbocycles. The topological polar surface area (TPSA) is 98.0 Å². The summed E-state index contributed by atoms with van der Waals surface area (Å²) in [6.07, 6.45) is -0.268. The van der Waals surface area contributed by atoms with Crippen molar-refractivity contribution < 1.29 is 28.6 Å². The number of benzene rings is 1. The molecule has 1 unspecified atom stereocenters. The number of amides is 1. The molecule has 0 saturated heterocycles. The lowest BCUT2D eigenvalue weighted by Gasteiger charge is -2.27. The monoisotopic (exact) mass is 375 g/mol. The molecule has 0 aliphatic heterocycles. The number of carbonyl (C=O) groups is 2. The summed E-state index contributed by atoms with van der Waals surface area (Å²) in [5.74, 6) is -0.212. The number of hydrogen-bond donors (Lipinski definition) is 2. The molecule has 1 atom stereocenters. The van der Waals surface area contributed by atoms with Crippen molar-refractivity contribution in [2.75, 3.05) is 13.7 Å². The number of nitrogens with one attached hydrogen (secondary N) is 1. The van der Waals surface area contributed by atoms with Crippen LogP contribution in [-0.4, -0.2) is 36.2 Å². The molecule has 0 fully saturated rings. The van der Waals surface area contributed by atoms with Crippen LogP contribution in [-0.2, 0) is 16.1 Å². The summed E-state index contributed by atoms with van der Waals surface area (Å²) >= 11 is 0. The molecule has 2 aromatic rings. The molecule has 1 aromatic carbocycles. The third-order valence-electron chi connectivity index (χ3n) is 4.01. The lowest BCUT2D eigenvalue weighted by atomic mass is 9.99. The molecule has 2 N–H and O–H groups in total. The van der Waals surface area contributed by atoms with Gasteiger partial charge in [0.2, 0.25) is 0 Å². The van der Waals surface area contributed by atoms with Gasteiger partial charge in [0.15, 0.2) is 5.76 Å². The molecule has 0 bridgehead atoms. The van der Waals surface area contributed by atoms with E-state index in [0.717, 1.165) is 16.9 Å².